The van der Waals surface area contributed by atoms with E-state index in [0.29, 0.717) is 11.6 Å². The summed E-state index contributed by atoms with van der Waals surface area (Å²) in [6.45, 7) is 3.11. The van der Waals surface area contributed by atoms with Crippen LogP contribution in [0.15, 0.2) is 12.1 Å². The molecule has 0 N–H and O–H groups in total. The monoisotopic (exact) mass is 351 g/mol. The summed E-state index contributed by atoms with van der Waals surface area (Å²) in [4.78, 5) is 17.7. The molecule has 0 atom stereocenters. The molecule has 0 aromatic carbocycles. The van der Waals surface area contributed by atoms with Crippen LogP contribution in [0, 0.1) is 34.5 Å². The number of amides is 1. The molecule has 2 heterocycles. The number of rotatable bonds is 2. The molecule has 26 heavy (non-hydrogen) atoms. The second-order valence-electron chi connectivity index (χ2n) is 8.87. The van der Waals surface area contributed by atoms with Gasteiger partial charge < -0.3 is 9.80 Å². The number of nitrogens with zero attached hydrogens (tertiary/aromatic N) is 5. The maximum atomic E-state index is 13.4. The Hall–Kier alpha value is -2.16. The predicted octanol–water partition coefficient (Wildman–Crippen LogP) is 2.21. The van der Waals surface area contributed by atoms with Crippen molar-refractivity contribution < 1.29 is 4.79 Å². The Morgan fingerprint density at radius 2 is 1.62 bits per heavy atom. The molecule has 136 valence electrons. The smallest absolute Gasteiger partial charge is 0.228 e. The van der Waals surface area contributed by atoms with Crippen LogP contribution < -0.4 is 4.90 Å². The van der Waals surface area contributed by atoms with Crippen molar-refractivity contribution in [2.75, 3.05) is 31.1 Å². The van der Waals surface area contributed by atoms with Gasteiger partial charge in [0, 0.05) is 26.2 Å². The Labute approximate surface area is 154 Å². The zero-order valence-electron chi connectivity index (χ0n) is 15.1. The number of piperazine rings is 1. The minimum Gasteiger partial charge on any atom is -0.352 e. The molecule has 0 unspecified atom stereocenters. The van der Waals surface area contributed by atoms with Crippen LogP contribution in [0.1, 0.15) is 44.2 Å². The molecule has 1 aliphatic heterocycles. The van der Waals surface area contributed by atoms with Gasteiger partial charge in [-0.05, 0) is 68.4 Å². The summed E-state index contributed by atoms with van der Waals surface area (Å²) in [6, 6.07) is 5.55. The Bertz CT molecular complexity index is 709. The Balaban J connectivity index is 1.25. The van der Waals surface area contributed by atoms with Gasteiger partial charge in [-0.25, -0.2) is 0 Å². The summed E-state index contributed by atoms with van der Waals surface area (Å²) in [5, 5.41) is 16.9. The van der Waals surface area contributed by atoms with E-state index < -0.39 is 0 Å². The number of carbonyl (C=O) groups is 1. The summed E-state index contributed by atoms with van der Waals surface area (Å²) in [5.41, 5.74) is 0.301. The second kappa shape index (κ2) is 5.94. The first kappa shape index (κ1) is 16.0. The van der Waals surface area contributed by atoms with Crippen molar-refractivity contribution in [3.63, 3.8) is 0 Å². The van der Waals surface area contributed by atoms with Gasteiger partial charge in [-0.15, -0.1) is 10.2 Å². The Morgan fingerprint density at radius 1 is 1.00 bits per heavy atom. The molecule has 5 aliphatic rings. The molecule has 5 fully saturated rings. The number of nitriles is 1. The van der Waals surface area contributed by atoms with Gasteiger partial charge in [-0.3, -0.25) is 4.79 Å². The van der Waals surface area contributed by atoms with Crippen molar-refractivity contribution in [3.8, 4) is 6.07 Å². The zero-order valence-corrected chi connectivity index (χ0v) is 15.1. The highest BCUT2D eigenvalue weighted by atomic mass is 16.2. The van der Waals surface area contributed by atoms with Gasteiger partial charge in [0.25, 0.3) is 0 Å². The van der Waals surface area contributed by atoms with Gasteiger partial charge in [0.15, 0.2) is 11.5 Å². The summed E-state index contributed by atoms with van der Waals surface area (Å²) >= 11 is 0. The quantitative estimate of drug-likeness (QED) is 0.817. The highest BCUT2D eigenvalue weighted by molar-refractivity contribution is 5.83. The number of hydrogen-bond donors (Lipinski definition) is 0. The van der Waals surface area contributed by atoms with Crippen LogP contribution in [0.2, 0.25) is 0 Å². The molecule has 1 amide bonds. The molecule has 6 nitrogen and oxygen atoms in total. The third-order valence-corrected chi connectivity index (χ3v) is 7.15. The zero-order chi connectivity index (χ0) is 17.7. The summed E-state index contributed by atoms with van der Waals surface area (Å²) in [5.74, 6) is 3.65. The summed E-state index contributed by atoms with van der Waals surface area (Å²) in [6.07, 6.45) is 7.53. The number of carbonyl (C=O) groups excluding carboxylic acids is 1. The van der Waals surface area contributed by atoms with Gasteiger partial charge in [0.05, 0.1) is 5.41 Å². The SMILES string of the molecule is N#Cc1ccc(N2CCN(C(=O)C34CC5CC(CC(C5)C3)C4)CC2)nn1. The fourth-order valence-electron chi connectivity index (χ4n) is 6.40. The molecule has 0 spiro atoms. The fraction of sp³-hybridized carbons (Fsp3) is 0.700. The normalized spacial score (nSPS) is 35.4. The lowest BCUT2D eigenvalue weighted by Gasteiger charge is -2.57. The van der Waals surface area contributed by atoms with Crippen LogP contribution in [0.5, 0.6) is 0 Å². The molecule has 4 bridgehead atoms. The van der Waals surface area contributed by atoms with Crippen LogP contribution >= 0.6 is 0 Å². The van der Waals surface area contributed by atoms with E-state index in [9.17, 15) is 4.79 Å². The van der Waals surface area contributed by atoms with Crippen molar-refractivity contribution in [2.45, 2.75) is 38.5 Å². The van der Waals surface area contributed by atoms with Crippen molar-refractivity contribution in [3.05, 3.63) is 17.8 Å². The van der Waals surface area contributed by atoms with Gasteiger partial charge >= 0.3 is 0 Å². The maximum absolute atomic E-state index is 13.4. The highest BCUT2D eigenvalue weighted by Crippen LogP contribution is 2.60. The first-order valence-electron chi connectivity index (χ1n) is 9.93. The van der Waals surface area contributed by atoms with Crippen LogP contribution in [0.25, 0.3) is 0 Å². The standard InChI is InChI=1S/C20H25N5O/c21-13-17-1-2-18(23-22-17)24-3-5-25(6-4-24)19(26)20-10-14-7-15(11-20)9-16(8-14)12-20/h1-2,14-16H,3-12H2. The lowest BCUT2D eigenvalue weighted by Crippen LogP contribution is -2.58. The predicted molar refractivity (Wildman–Crippen MR) is 96.1 cm³/mol. The van der Waals surface area contributed by atoms with Crippen molar-refractivity contribution in [1.29, 1.82) is 5.26 Å². The average Bonchev–Trinajstić information content (AvgIpc) is 2.67. The van der Waals surface area contributed by atoms with E-state index in [1.54, 1.807) is 6.07 Å². The Kier molecular flexibility index (Phi) is 3.66. The van der Waals surface area contributed by atoms with Gasteiger partial charge in [-0.1, -0.05) is 0 Å². The van der Waals surface area contributed by atoms with E-state index in [0.717, 1.165) is 69.0 Å². The average molecular weight is 351 g/mol. The lowest BCUT2D eigenvalue weighted by molar-refractivity contribution is -0.158. The van der Waals surface area contributed by atoms with Crippen molar-refractivity contribution >= 4 is 11.7 Å². The van der Waals surface area contributed by atoms with Crippen LogP contribution in [-0.4, -0.2) is 47.2 Å². The van der Waals surface area contributed by atoms with Gasteiger partial charge in [0.1, 0.15) is 6.07 Å². The largest absolute Gasteiger partial charge is 0.352 e. The molecule has 6 rings (SSSR count). The second-order valence-corrected chi connectivity index (χ2v) is 8.87. The highest BCUT2D eigenvalue weighted by Gasteiger charge is 2.55. The van der Waals surface area contributed by atoms with Crippen molar-refractivity contribution in [1.82, 2.24) is 15.1 Å². The number of aromatic nitrogens is 2. The topological polar surface area (TPSA) is 73.1 Å². The van der Waals surface area contributed by atoms with Gasteiger partial charge in [0.2, 0.25) is 5.91 Å². The van der Waals surface area contributed by atoms with E-state index in [1.165, 1.54) is 19.3 Å². The number of hydrogen-bond acceptors (Lipinski definition) is 5. The van der Waals surface area contributed by atoms with E-state index >= 15 is 0 Å². The molecule has 4 aliphatic carbocycles. The lowest BCUT2D eigenvalue weighted by atomic mass is 9.49. The maximum Gasteiger partial charge on any atom is 0.228 e. The van der Waals surface area contributed by atoms with Gasteiger partial charge in [-0.2, -0.15) is 5.26 Å². The molecule has 1 aromatic rings. The summed E-state index contributed by atoms with van der Waals surface area (Å²) < 4.78 is 0. The van der Waals surface area contributed by atoms with E-state index in [-0.39, 0.29) is 5.41 Å². The summed E-state index contributed by atoms with van der Waals surface area (Å²) in [7, 11) is 0. The fourth-order valence-corrected chi connectivity index (χ4v) is 6.40. The molecule has 4 saturated carbocycles. The first-order valence-corrected chi connectivity index (χ1v) is 9.93. The molecule has 1 aromatic heterocycles. The first-order chi connectivity index (χ1) is 12.6. The molecular formula is C20H25N5O. The minimum atomic E-state index is -0.0365. The van der Waals surface area contributed by atoms with Crippen molar-refractivity contribution in [2.24, 2.45) is 23.2 Å². The third-order valence-electron chi connectivity index (χ3n) is 7.15. The molecular weight excluding hydrogens is 326 g/mol. The third kappa shape index (κ3) is 2.56. The van der Waals surface area contributed by atoms with E-state index in [2.05, 4.69) is 20.0 Å². The minimum absolute atomic E-state index is 0.0365. The Morgan fingerprint density at radius 3 is 2.12 bits per heavy atom. The molecule has 6 heteroatoms. The van der Waals surface area contributed by atoms with Crippen LogP contribution in [0.4, 0.5) is 5.82 Å². The van der Waals surface area contributed by atoms with Crippen LogP contribution in [-0.2, 0) is 4.79 Å². The molecule has 1 saturated heterocycles. The number of anilines is 1. The van der Waals surface area contributed by atoms with E-state index in [1.807, 2.05) is 12.1 Å². The van der Waals surface area contributed by atoms with Crippen LogP contribution in [0.3, 0.4) is 0 Å². The van der Waals surface area contributed by atoms with E-state index in [4.69, 9.17) is 5.26 Å². The molecule has 0 radical (unpaired) electrons.